The molecule has 4 heterocycles. The molecule has 3 aromatic rings. The Morgan fingerprint density at radius 1 is 0.886 bits per heavy atom. The number of rotatable bonds is 7. The van der Waals surface area contributed by atoms with Gasteiger partial charge in [0.2, 0.25) is 0 Å². The van der Waals surface area contributed by atoms with Gasteiger partial charge in [-0.25, -0.2) is 9.97 Å². The topological polar surface area (TPSA) is 61.8 Å². The summed E-state index contributed by atoms with van der Waals surface area (Å²) in [4.78, 5) is 29.0. The molecule has 0 amide bonds. The molecule has 1 aromatic carbocycles. The van der Waals surface area contributed by atoms with Gasteiger partial charge >= 0.3 is 5.97 Å². The smallest absolute Gasteiger partial charge is 0.307 e. The lowest BCUT2D eigenvalue weighted by Gasteiger charge is -2.36. The van der Waals surface area contributed by atoms with E-state index in [0.717, 1.165) is 74.0 Å². The fraction of sp³-hybridized carbons (Fsp3) is 0.464. The second kappa shape index (κ2) is 11.0. The fourth-order valence-corrected chi connectivity index (χ4v) is 5.07. The van der Waals surface area contributed by atoms with Crippen molar-refractivity contribution in [2.24, 2.45) is 0 Å². The molecule has 2 aliphatic rings. The molecule has 7 heteroatoms. The minimum Gasteiger partial charge on any atom is -0.466 e. The maximum absolute atomic E-state index is 11.8. The lowest BCUT2D eigenvalue weighted by Crippen LogP contribution is -2.47. The Morgan fingerprint density at radius 3 is 2.40 bits per heavy atom. The molecule has 5 rings (SSSR count). The minimum atomic E-state index is -0.118. The van der Waals surface area contributed by atoms with Crippen LogP contribution in [-0.2, 0) is 9.53 Å². The van der Waals surface area contributed by atoms with Crippen LogP contribution in [0.25, 0.3) is 22.2 Å². The van der Waals surface area contributed by atoms with Gasteiger partial charge in [0.15, 0.2) is 5.65 Å². The van der Waals surface area contributed by atoms with Gasteiger partial charge in [-0.15, -0.1) is 0 Å². The van der Waals surface area contributed by atoms with Crippen molar-refractivity contribution in [3.8, 4) is 11.1 Å². The average molecular weight is 474 g/mol. The molecule has 0 saturated carbocycles. The van der Waals surface area contributed by atoms with Crippen LogP contribution in [0.15, 0.2) is 48.5 Å². The van der Waals surface area contributed by atoms with Crippen LogP contribution in [-0.4, -0.2) is 73.3 Å². The van der Waals surface area contributed by atoms with Crippen LogP contribution in [0.5, 0.6) is 0 Å². The Balaban J connectivity index is 1.40. The molecule has 7 nitrogen and oxygen atoms in total. The highest BCUT2D eigenvalue weighted by molar-refractivity contribution is 5.88. The molecule has 35 heavy (non-hydrogen) atoms. The summed E-state index contributed by atoms with van der Waals surface area (Å²) in [6.07, 6.45) is 4.21. The number of aromatic nitrogens is 2. The molecule has 0 atom stereocenters. The standard InChI is InChI=1S/C28H35N5O2/c1-2-35-26(34)13-16-31-17-19-33(20-18-31)28-24(22-9-5-3-6-10-22)21-23-11-12-25(29-27(23)30-28)32-14-7-4-8-15-32/h3,5-6,9-12,21H,2,4,7-8,13-20H2,1H3. The molecule has 2 saturated heterocycles. The Kier molecular flexibility index (Phi) is 7.42. The van der Waals surface area contributed by atoms with Gasteiger partial charge in [0.25, 0.3) is 0 Å². The van der Waals surface area contributed by atoms with E-state index in [2.05, 4.69) is 57.2 Å². The maximum Gasteiger partial charge on any atom is 0.307 e. The molecule has 2 fully saturated rings. The summed E-state index contributed by atoms with van der Waals surface area (Å²) in [5, 5.41) is 1.07. The molecule has 2 aromatic heterocycles. The van der Waals surface area contributed by atoms with Crippen molar-refractivity contribution in [3.05, 3.63) is 48.5 Å². The van der Waals surface area contributed by atoms with Gasteiger partial charge in [-0.05, 0) is 49.9 Å². The van der Waals surface area contributed by atoms with Gasteiger partial charge in [-0.1, -0.05) is 30.3 Å². The first-order valence-electron chi connectivity index (χ1n) is 13.0. The third kappa shape index (κ3) is 5.56. The first kappa shape index (κ1) is 23.5. The minimum absolute atomic E-state index is 0.118. The molecular weight excluding hydrogens is 438 g/mol. The van der Waals surface area contributed by atoms with E-state index in [1.165, 1.54) is 24.8 Å². The summed E-state index contributed by atoms with van der Waals surface area (Å²) in [6.45, 7) is 8.70. The van der Waals surface area contributed by atoms with Crippen molar-refractivity contribution >= 4 is 28.6 Å². The van der Waals surface area contributed by atoms with E-state index in [4.69, 9.17) is 14.7 Å². The predicted octanol–water partition coefficient (Wildman–Crippen LogP) is 4.36. The average Bonchev–Trinajstić information content (AvgIpc) is 2.92. The molecule has 0 radical (unpaired) electrons. The van der Waals surface area contributed by atoms with E-state index in [0.29, 0.717) is 13.0 Å². The van der Waals surface area contributed by atoms with E-state index in [9.17, 15) is 4.79 Å². The van der Waals surface area contributed by atoms with Crippen LogP contribution in [0.1, 0.15) is 32.6 Å². The molecule has 0 spiro atoms. The number of pyridine rings is 2. The normalized spacial score (nSPS) is 17.1. The van der Waals surface area contributed by atoms with Gasteiger partial charge in [-0.2, -0.15) is 0 Å². The van der Waals surface area contributed by atoms with E-state index in [-0.39, 0.29) is 5.97 Å². The van der Waals surface area contributed by atoms with Crippen LogP contribution in [0.4, 0.5) is 11.6 Å². The van der Waals surface area contributed by atoms with Crippen LogP contribution in [0.2, 0.25) is 0 Å². The number of ether oxygens (including phenoxy) is 1. The van der Waals surface area contributed by atoms with Crippen molar-refractivity contribution in [2.45, 2.75) is 32.6 Å². The van der Waals surface area contributed by atoms with Crippen molar-refractivity contribution in [1.29, 1.82) is 0 Å². The van der Waals surface area contributed by atoms with E-state index in [1.54, 1.807) is 0 Å². The van der Waals surface area contributed by atoms with Gasteiger partial charge in [0, 0.05) is 56.8 Å². The number of carbonyl (C=O) groups is 1. The van der Waals surface area contributed by atoms with Crippen LogP contribution in [0.3, 0.4) is 0 Å². The van der Waals surface area contributed by atoms with Crippen LogP contribution in [0, 0.1) is 0 Å². The van der Waals surface area contributed by atoms with Crippen LogP contribution < -0.4 is 9.80 Å². The first-order valence-corrected chi connectivity index (χ1v) is 13.0. The second-order valence-corrected chi connectivity index (χ2v) is 9.37. The summed E-state index contributed by atoms with van der Waals surface area (Å²) < 4.78 is 5.09. The number of piperidine rings is 1. The SMILES string of the molecule is CCOC(=O)CCN1CCN(c2nc3nc(N4CCCCC4)ccc3cc2-c2ccccc2)CC1. The fourth-order valence-electron chi connectivity index (χ4n) is 5.07. The second-order valence-electron chi connectivity index (χ2n) is 9.37. The zero-order valence-electron chi connectivity index (χ0n) is 20.7. The maximum atomic E-state index is 11.8. The molecule has 2 aliphatic heterocycles. The summed E-state index contributed by atoms with van der Waals surface area (Å²) in [5.74, 6) is 1.91. The number of hydrogen-bond donors (Lipinski definition) is 0. The van der Waals surface area contributed by atoms with Gasteiger partial charge in [0.05, 0.1) is 13.0 Å². The summed E-state index contributed by atoms with van der Waals surface area (Å²) in [7, 11) is 0. The number of nitrogens with zero attached hydrogens (tertiary/aromatic N) is 5. The zero-order valence-corrected chi connectivity index (χ0v) is 20.7. The highest BCUT2D eigenvalue weighted by Gasteiger charge is 2.23. The van der Waals surface area contributed by atoms with Crippen molar-refractivity contribution in [1.82, 2.24) is 14.9 Å². The number of hydrogen-bond acceptors (Lipinski definition) is 7. The Labute approximate surface area is 207 Å². The van der Waals surface area contributed by atoms with Crippen molar-refractivity contribution in [3.63, 3.8) is 0 Å². The third-order valence-electron chi connectivity index (χ3n) is 7.02. The monoisotopic (exact) mass is 473 g/mol. The lowest BCUT2D eigenvalue weighted by atomic mass is 10.0. The summed E-state index contributed by atoms with van der Waals surface area (Å²) in [5.41, 5.74) is 3.12. The number of fused-ring (bicyclic) bond motifs is 1. The first-order chi connectivity index (χ1) is 17.2. The predicted molar refractivity (Wildman–Crippen MR) is 141 cm³/mol. The number of piperazine rings is 1. The Hall–Kier alpha value is -3.19. The lowest BCUT2D eigenvalue weighted by molar-refractivity contribution is -0.143. The Bertz CT molecular complexity index is 1140. The van der Waals surface area contributed by atoms with Gasteiger partial charge in [0.1, 0.15) is 11.6 Å². The molecule has 0 bridgehead atoms. The summed E-state index contributed by atoms with van der Waals surface area (Å²) >= 11 is 0. The number of anilines is 2. The molecule has 0 unspecified atom stereocenters. The summed E-state index contributed by atoms with van der Waals surface area (Å²) in [6, 6.07) is 17.1. The number of benzene rings is 1. The zero-order chi connectivity index (χ0) is 24.0. The van der Waals surface area contributed by atoms with Gasteiger partial charge in [-0.3, -0.25) is 9.69 Å². The largest absolute Gasteiger partial charge is 0.466 e. The molecular formula is C28H35N5O2. The number of carbonyl (C=O) groups excluding carboxylic acids is 1. The van der Waals surface area contributed by atoms with E-state index < -0.39 is 0 Å². The van der Waals surface area contributed by atoms with Gasteiger partial charge < -0.3 is 14.5 Å². The highest BCUT2D eigenvalue weighted by Crippen LogP contribution is 2.33. The van der Waals surface area contributed by atoms with Crippen LogP contribution >= 0.6 is 0 Å². The van der Waals surface area contributed by atoms with Crippen molar-refractivity contribution in [2.75, 3.05) is 62.2 Å². The quantitative estimate of drug-likeness (QED) is 0.473. The molecule has 184 valence electrons. The van der Waals surface area contributed by atoms with E-state index in [1.807, 2.05) is 13.0 Å². The third-order valence-corrected chi connectivity index (χ3v) is 7.02. The number of esters is 1. The Morgan fingerprint density at radius 2 is 1.66 bits per heavy atom. The highest BCUT2D eigenvalue weighted by atomic mass is 16.5. The molecule has 0 N–H and O–H groups in total. The van der Waals surface area contributed by atoms with Crippen molar-refractivity contribution < 1.29 is 9.53 Å². The molecule has 0 aliphatic carbocycles. The van der Waals surface area contributed by atoms with E-state index >= 15 is 0 Å².